The Balaban J connectivity index is 2.06. The molecule has 1 saturated heterocycles. The predicted molar refractivity (Wildman–Crippen MR) is 75.5 cm³/mol. The van der Waals surface area contributed by atoms with Crippen molar-refractivity contribution >= 4 is 22.5 Å². The molecule has 3 rings (SSSR count). The van der Waals surface area contributed by atoms with Gasteiger partial charge in [0.05, 0.1) is 6.10 Å². The van der Waals surface area contributed by atoms with Crippen molar-refractivity contribution in [1.82, 2.24) is 14.9 Å². The molecule has 2 aromatic rings. The van der Waals surface area contributed by atoms with Crippen molar-refractivity contribution in [3.8, 4) is 0 Å². The van der Waals surface area contributed by atoms with E-state index in [2.05, 4.69) is 9.97 Å². The monoisotopic (exact) mass is 331 g/mol. The molecule has 1 unspecified atom stereocenters. The van der Waals surface area contributed by atoms with Gasteiger partial charge in [-0.25, -0.2) is 9.97 Å². The van der Waals surface area contributed by atoms with Crippen molar-refractivity contribution in [2.75, 3.05) is 13.1 Å². The summed E-state index contributed by atoms with van der Waals surface area (Å²) in [4.78, 5) is 9.25. The number of fused-ring (bicyclic) bond motifs is 1. The van der Waals surface area contributed by atoms with Crippen molar-refractivity contribution in [2.45, 2.75) is 25.2 Å². The number of rotatable bonds is 2. The van der Waals surface area contributed by atoms with Gasteiger partial charge < -0.3 is 5.11 Å². The average molecular weight is 332 g/mol. The Morgan fingerprint density at radius 3 is 2.82 bits per heavy atom. The van der Waals surface area contributed by atoms with E-state index in [1.54, 1.807) is 11.0 Å². The molecule has 0 saturated carbocycles. The first-order valence-corrected chi connectivity index (χ1v) is 7.14. The molecule has 22 heavy (non-hydrogen) atoms. The van der Waals surface area contributed by atoms with Gasteiger partial charge in [0, 0.05) is 31.2 Å². The van der Waals surface area contributed by atoms with Crippen molar-refractivity contribution in [3.05, 3.63) is 34.7 Å². The highest BCUT2D eigenvalue weighted by molar-refractivity contribution is 6.33. The van der Waals surface area contributed by atoms with Crippen LogP contribution in [0.5, 0.6) is 0 Å². The number of alkyl halides is 3. The molecule has 0 amide bonds. The number of aliphatic hydroxyl groups excluding tert-OH is 1. The fraction of sp³-hybridized carbons (Fsp3) is 0.429. The van der Waals surface area contributed by atoms with Gasteiger partial charge in [-0.05, 0) is 24.1 Å². The largest absolute Gasteiger partial charge is 0.433 e. The summed E-state index contributed by atoms with van der Waals surface area (Å²) < 4.78 is 39.8. The Hall–Kier alpha value is -1.44. The van der Waals surface area contributed by atoms with Crippen LogP contribution in [0.4, 0.5) is 13.2 Å². The summed E-state index contributed by atoms with van der Waals surface area (Å²) in [6.07, 6.45) is -3.05. The van der Waals surface area contributed by atoms with Crippen molar-refractivity contribution < 1.29 is 18.3 Å². The van der Waals surface area contributed by atoms with Gasteiger partial charge in [-0.1, -0.05) is 11.6 Å². The van der Waals surface area contributed by atoms with Crippen LogP contribution in [0, 0.1) is 0 Å². The molecule has 0 aromatic carbocycles. The van der Waals surface area contributed by atoms with Crippen LogP contribution in [0.15, 0.2) is 18.3 Å². The normalized spacial score (nSPS) is 20.0. The lowest BCUT2D eigenvalue weighted by atomic mass is 10.1. The van der Waals surface area contributed by atoms with E-state index < -0.39 is 18.0 Å². The summed E-state index contributed by atoms with van der Waals surface area (Å²) >= 11 is 5.84. The number of halogens is 4. The maximum absolute atomic E-state index is 13.3. The second kappa shape index (κ2) is 5.64. The minimum absolute atomic E-state index is 0.0432. The topological polar surface area (TPSA) is 49.2 Å². The molecule has 2 aromatic heterocycles. The molecule has 1 aliphatic heterocycles. The molecule has 0 bridgehead atoms. The Kier molecular flexibility index (Phi) is 3.96. The molecular formula is C14H13ClF3N3O. The third kappa shape index (κ3) is 3.02. The van der Waals surface area contributed by atoms with Gasteiger partial charge in [-0.2, -0.15) is 13.2 Å². The van der Waals surface area contributed by atoms with E-state index in [1.165, 1.54) is 12.3 Å². The molecule has 1 N–H and O–H groups in total. The highest BCUT2D eigenvalue weighted by atomic mass is 35.5. The van der Waals surface area contributed by atoms with Crippen molar-refractivity contribution in [1.29, 1.82) is 0 Å². The number of aromatic nitrogens is 2. The number of aliphatic hydroxyl groups is 1. The van der Waals surface area contributed by atoms with Crippen LogP contribution in [0.25, 0.3) is 10.9 Å². The molecule has 8 heteroatoms. The SMILES string of the molecule is OC1CCN(Cc2cc3ccnc(Cl)c3nc2C(F)(F)F)C1. The van der Waals surface area contributed by atoms with Gasteiger partial charge in [0.15, 0.2) is 5.15 Å². The molecule has 0 aliphatic carbocycles. The van der Waals surface area contributed by atoms with Gasteiger partial charge in [-0.15, -0.1) is 0 Å². The Bertz CT molecular complexity index is 708. The quantitative estimate of drug-likeness (QED) is 0.860. The molecule has 118 valence electrons. The van der Waals surface area contributed by atoms with Gasteiger partial charge in [-0.3, -0.25) is 4.90 Å². The number of β-amino-alcohol motifs (C(OH)–C–C–N with tert-alkyl or cyclic N) is 1. The van der Waals surface area contributed by atoms with Crippen molar-refractivity contribution in [2.24, 2.45) is 0 Å². The fourth-order valence-corrected chi connectivity index (χ4v) is 2.88. The van der Waals surface area contributed by atoms with Crippen LogP contribution < -0.4 is 0 Å². The maximum Gasteiger partial charge on any atom is 0.433 e. The van der Waals surface area contributed by atoms with Gasteiger partial charge in [0.1, 0.15) is 11.2 Å². The lowest BCUT2D eigenvalue weighted by Crippen LogP contribution is -2.24. The lowest BCUT2D eigenvalue weighted by molar-refractivity contribution is -0.141. The van der Waals surface area contributed by atoms with Gasteiger partial charge >= 0.3 is 6.18 Å². The Morgan fingerprint density at radius 1 is 1.41 bits per heavy atom. The zero-order valence-corrected chi connectivity index (χ0v) is 12.2. The highest BCUT2D eigenvalue weighted by Crippen LogP contribution is 2.34. The van der Waals surface area contributed by atoms with Gasteiger partial charge in [0.2, 0.25) is 0 Å². The van der Waals surface area contributed by atoms with Crippen LogP contribution in [0.1, 0.15) is 17.7 Å². The number of pyridine rings is 2. The summed E-state index contributed by atoms with van der Waals surface area (Å²) in [5.74, 6) is 0. The van der Waals surface area contributed by atoms with Crippen LogP contribution >= 0.6 is 11.6 Å². The van der Waals surface area contributed by atoms with E-state index in [0.717, 1.165) is 0 Å². The first kappa shape index (κ1) is 15.5. The zero-order valence-electron chi connectivity index (χ0n) is 11.4. The number of hydrogen-bond acceptors (Lipinski definition) is 4. The van der Waals surface area contributed by atoms with Crippen LogP contribution in [0.3, 0.4) is 0 Å². The standard InChI is InChI=1S/C14H13ClF3N3O/c15-13-11-8(1-3-19-13)5-9(12(20-11)14(16,17)18)6-21-4-2-10(22)7-21/h1,3,5,10,22H,2,4,6-7H2. The second-order valence-corrected chi connectivity index (χ2v) is 5.70. The van der Waals surface area contributed by atoms with Crippen molar-refractivity contribution in [3.63, 3.8) is 0 Å². The zero-order chi connectivity index (χ0) is 15.9. The molecule has 1 atom stereocenters. The number of likely N-dealkylation sites (tertiary alicyclic amines) is 1. The first-order chi connectivity index (χ1) is 10.3. The van der Waals surface area contributed by atoms with E-state index in [0.29, 0.717) is 24.9 Å². The molecule has 0 spiro atoms. The Morgan fingerprint density at radius 2 is 2.18 bits per heavy atom. The molecule has 4 nitrogen and oxygen atoms in total. The Labute approximate surface area is 129 Å². The number of nitrogens with zero attached hydrogens (tertiary/aromatic N) is 3. The minimum atomic E-state index is -4.57. The second-order valence-electron chi connectivity index (χ2n) is 5.34. The first-order valence-electron chi connectivity index (χ1n) is 6.76. The average Bonchev–Trinajstić information content (AvgIpc) is 2.82. The highest BCUT2D eigenvalue weighted by Gasteiger charge is 2.36. The summed E-state index contributed by atoms with van der Waals surface area (Å²) in [5.41, 5.74) is -0.825. The molecule has 1 fully saturated rings. The fourth-order valence-electron chi connectivity index (χ4n) is 2.67. The summed E-state index contributed by atoms with van der Waals surface area (Å²) in [6, 6.07) is 3.03. The summed E-state index contributed by atoms with van der Waals surface area (Å²) in [7, 11) is 0. The maximum atomic E-state index is 13.3. The smallest absolute Gasteiger partial charge is 0.392 e. The van der Waals surface area contributed by atoms with E-state index in [-0.39, 0.29) is 22.8 Å². The lowest BCUT2D eigenvalue weighted by Gasteiger charge is -2.19. The minimum Gasteiger partial charge on any atom is -0.392 e. The number of hydrogen-bond donors (Lipinski definition) is 1. The molecular weight excluding hydrogens is 319 g/mol. The third-order valence-corrected chi connectivity index (χ3v) is 3.95. The summed E-state index contributed by atoms with van der Waals surface area (Å²) in [5, 5.41) is 9.98. The molecule has 3 heterocycles. The van der Waals surface area contributed by atoms with E-state index in [4.69, 9.17) is 11.6 Å². The summed E-state index contributed by atoms with van der Waals surface area (Å²) in [6.45, 7) is 1.02. The van der Waals surface area contributed by atoms with Crippen LogP contribution in [-0.2, 0) is 12.7 Å². The third-order valence-electron chi connectivity index (χ3n) is 3.68. The van der Waals surface area contributed by atoms with Gasteiger partial charge in [0.25, 0.3) is 0 Å². The van der Waals surface area contributed by atoms with Crippen LogP contribution in [0.2, 0.25) is 5.15 Å². The van der Waals surface area contributed by atoms with E-state index in [9.17, 15) is 18.3 Å². The van der Waals surface area contributed by atoms with Crippen LogP contribution in [-0.4, -0.2) is 39.2 Å². The van der Waals surface area contributed by atoms with E-state index in [1.807, 2.05) is 0 Å². The predicted octanol–water partition coefficient (Wildman–Crippen LogP) is 2.87. The molecule has 0 radical (unpaired) electrons. The van der Waals surface area contributed by atoms with E-state index >= 15 is 0 Å². The molecule has 1 aliphatic rings.